The van der Waals surface area contributed by atoms with Gasteiger partial charge in [-0.2, -0.15) is 0 Å². The number of rotatable bonds is 4. The second-order valence-corrected chi connectivity index (χ2v) is 3.57. The Morgan fingerprint density at radius 2 is 2.22 bits per heavy atom. The molecule has 0 spiro atoms. The lowest BCUT2D eigenvalue weighted by Gasteiger charge is -2.06. The maximum atomic E-state index is 10.7. The van der Waals surface area contributed by atoms with Gasteiger partial charge in [0.05, 0.1) is 4.92 Å². The highest BCUT2D eigenvalue weighted by Gasteiger charge is 2.10. The van der Waals surface area contributed by atoms with Crippen LogP contribution in [-0.4, -0.2) is 27.5 Å². The van der Waals surface area contributed by atoms with Gasteiger partial charge in [0, 0.05) is 23.7 Å². The number of carboxylic acids is 1. The summed E-state index contributed by atoms with van der Waals surface area (Å²) in [7, 11) is 0. The number of pyridine rings is 1. The fourth-order valence-corrected chi connectivity index (χ4v) is 1.57. The van der Waals surface area contributed by atoms with Crippen LogP contribution in [0.1, 0.15) is 0 Å². The van der Waals surface area contributed by atoms with E-state index >= 15 is 0 Å². The summed E-state index contributed by atoms with van der Waals surface area (Å²) < 4.78 is 0. The summed E-state index contributed by atoms with van der Waals surface area (Å²) >= 11 is 0. The first-order chi connectivity index (χ1) is 8.58. The summed E-state index contributed by atoms with van der Waals surface area (Å²) in [6, 6.07) is 6.06. The summed E-state index contributed by atoms with van der Waals surface area (Å²) in [6.45, 7) is -0.297. The predicted octanol–water partition coefficient (Wildman–Crippen LogP) is 1.64. The highest BCUT2D eigenvalue weighted by Crippen LogP contribution is 2.25. The van der Waals surface area contributed by atoms with Gasteiger partial charge in [-0.15, -0.1) is 0 Å². The standard InChI is InChI=1S/C11H9N3O4/c15-10(16)6-13-11-9-5-8(14(17)18)2-1-7(9)3-4-12-11/h1-5H,6H2,(H,12,13)(H,15,16). The number of hydrogen-bond acceptors (Lipinski definition) is 5. The molecule has 0 atom stereocenters. The van der Waals surface area contributed by atoms with Crippen molar-refractivity contribution in [2.75, 3.05) is 11.9 Å². The van der Waals surface area contributed by atoms with Crippen LogP contribution in [0.3, 0.4) is 0 Å². The zero-order chi connectivity index (χ0) is 13.1. The average molecular weight is 247 g/mol. The van der Waals surface area contributed by atoms with E-state index in [0.717, 1.165) is 5.39 Å². The SMILES string of the molecule is O=C(O)CNc1nccc2ccc([N+](=O)[O-])cc12. The lowest BCUT2D eigenvalue weighted by atomic mass is 10.1. The van der Waals surface area contributed by atoms with E-state index in [1.807, 2.05) is 0 Å². The van der Waals surface area contributed by atoms with Gasteiger partial charge in [-0.05, 0) is 17.5 Å². The Morgan fingerprint density at radius 1 is 1.44 bits per heavy atom. The minimum Gasteiger partial charge on any atom is -0.480 e. The first-order valence-electron chi connectivity index (χ1n) is 5.07. The van der Waals surface area contributed by atoms with Crippen LogP contribution in [0.5, 0.6) is 0 Å². The number of carbonyl (C=O) groups is 1. The molecule has 0 radical (unpaired) electrons. The first-order valence-corrected chi connectivity index (χ1v) is 5.07. The van der Waals surface area contributed by atoms with E-state index in [1.165, 1.54) is 18.3 Å². The van der Waals surface area contributed by atoms with E-state index in [4.69, 9.17) is 5.11 Å². The molecule has 2 N–H and O–H groups in total. The van der Waals surface area contributed by atoms with Crippen LogP contribution in [0.25, 0.3) is 10.8 Å². The van der Waals surface area contributed by atoms with Gasteiger partial charge in [0.25, 0.3) is 5.69 Å². The van der Waals surface area contributed by atoms with Crippen molar-refractivity contribution >= 4 is 28.2 Å². The van der Waals surface area contributed by atoms with E-state index in [1.54, 1.807) is 12.1 Å². The summed E-state index contributed by atoms with van der Waals surface area (Å²) in [5, 5.41) is 23.2. The number of hydrogen-bond donors (Lipinski definition) is 2. The summed E-state index contributed by atoms with van der Waals surface area (Å²) in [5.74, 6) is -0.710. The Morgan fingerprint density at radius 3 is 2.89 bits per heavy atom. The number of nitrogens with one attached hydrogen (secondary N) is 1. The van der Waals surface area contributed by atoms with Crippen LogP contribution in [0.15, 0.2) is 30.5 Å². The third-order valence-electron chi connectivity index (χ3n) is 2.37. The Balaban J connectivity index is 2.48. The number of aliphatic carboxylic acids is 1. The van der Waals surface area contributed by atoms with Crippen molar-refractivity contribution in [1.82, 2.24) is 4.98 Å². The molecule has 0 amide bonds. The number of non-ortho nitro benzene ring substituents is 1. The summed E-state index contributed by atoms with van der Waals surface area (Å²) in [5.41, 5.74) is -0.0612. The van der Waals surface area contributed by atoms with Gasteiger partial charge in [-0.1, -0.05) is 0 Å². The van der Waals surface area contributed by atoms with Crippen molar-refractivity contribution < 1.29 is 14.8 Å². The zero-order valence-electron chi connectivity index (χ0n) is 9.16. The normalized spacial score (nSPS) is 10.2. The van der Waals surface area contributed by atoms with Gasteiger partial charge < -0.3 is 10.4 Å². The van der Waals surface area contributed by atoms with Crippen molar-refractivity contribution in [3.63, 3.8) is 0 Å². The average Bonchev–Trinajstić information content (AvgIpc) is 2.35. The van der Waals surface area contributed by atoms with Gasteiger partial charge >= 0.3 is 5.97 Å². The topological polar surface area (TPSA) is 105 Å². The lowest BCUT2D eigenvalue weighted by Crippen LogP contribution is -2.13. The highest BCUT2D eigenvalue weighted by molar-refractivity contribution is 5.94. The fraction of sp³-hybridized carbons (Fsp3) is 0.0909. The molecule has 0 aliphatic heterocycles. The zero-order valence-corrected chi connectivity index (χ0v) is 9.16. The molecule has 7 nitrogen and oxygen atoms in total. The number of nitro benzene ring substituents is 1. The Bertz CT molecular complexity index is 627. The largest absolute Gasteiger partial charge is 0.480 e. The molecule has 2 rings (SSSR count). The molecule has 1 aromatic heterocycles. The van der Waals surface area contributed by atoms with Crippen molar-refractivity contribution in [3.05, 3.63) is 40.6 Å². The van der Waals surface area contributed by atoms with E-state index in [-0.39, 0.29) is 12.2 Å². The molecule has 7 heteroatoms. The van der Waals surface area contributed by atoms with Crippen LogP contribution in [0.4, 0.5) is 11.5 Å². The molecule has 0 fully saturated rings. The second-order valence-electron chi connectivity index (χ2n) is 3.57. The molecular formula is C11H9N3O4. The molecule has 1 heterocycles. The van der Waals surface area contributed by atoms with Gasteiger partial charge in [-0.25, -0.2) is 4.98 Å². The van der Waals surface area contributed by atoms with Gasteiger partial charge in [0.2, 0.25) is 0 Å². The molecule has 1 aromatic carbocycles. The van der Waals surface area contributed by atoms with E-state index in [0.29, 0.717) is 11.2 Å². The second kappa shape index (κ2) is 4.66. The van der Waals surface area contributed by atoms with E-state index in [2.05, 4.69) is 10.3 Å². The third kappa shape index (κ3) is 2.34. The Kier molecular flexibility index (Phi) is 3.05. The number of benzene rings is 1. The maximum Gasteiger partial charge on any atom is 0.322 e. The highest BCUT2D eigenvalue weighted by atomic mass is 16.6. The van der Waals surface area contributed by atoms with Crippen molar-refractivity contribution in [3.8, 4) is 0 Å². The minimum atomic E-state index is -1.03. The number of aromatic nitrogens is 1. The Labute approximate surface area is 101 Å². The smallest absolute Gasteiger partial charge is 0.322 e. The lowest BCUT2D eigenvalue weighted by molar-refractivity contribution is -0.384. The fourth-order valence-electron chi connectivity index (χ4n) is 1.57. The molecule has 0 aliphatic carbocycles. The van der Waals surface area contributed by atoms with Crippen molar-refractivity contribution in [2.24, 2.45) is 0 Å². The molecular weight excluding hydrogens is 238 g/mol. The van der Waals surface area contributed by atoms with Gasteiger partial charge in [0.1, 0.15) is 12.4 Å². The van der Waals surface area contributed by atoms with Crippen molar-refractivity contribution in [2.45, 2.75) is 0 Å². The molecule has 18 heavy (non-hydrogen) atoms. The number of anilines is 1. The molecule has 0 saturated carbocycles. The van der Waals surface area contributed by atoms with Gasteiger partial charge in [0.15, 0.2) is 0 Å². The number of carboxylic acid groups (broad SMARTS) is 1. The monoisotopic (exact) mass is 247 g/mol. The third-order valence-corrected chi connectivity index (χ3v) is 2.37. The Hall–Kier alpha value is -2.70. The molecule has 0 aliphatic rings. The van der Waals surface area contributed by atoms with Crippen LogP contribution >= 0.6 is 0 Å². The van der Waals surface area contributed by atoms with Crippen molar-refractivity contribution in [1.29, 1.82) is 0 Å². The number of nitro groups is 1. The van der Waals surface area contributed by atoms with E-state index in [9.17, 15) is 14.9 Å². The molecule has 0 saturated heterocycles. The summed E-state index contributed by atoms with van der Waals surface area (Å²) in [4.78, 5) is 24.7. The van der Waals surface area contributed by atoms with Crippen LogP contribution in [-0.2, 0) is 4.79 Å². The number of nitrogens with zero attached hydrogens (tertiary/aromatic N) is 2. The summed E-state index contributed by atoms with van der Waals surface area (Å²) in [6.07, 6.45) is 1.51. The van der Waals surface area contributed by atoms with E-state index < -0.39 is 10.9 Å². The predicted molar refractivity (Wildman–Crippen MR) is 64.5 cm³/mol. The van der Waals surface area contributed by atoms with Crippen LogP contribution < -0.4 is 5.32 Å². The molecule has 2 aromatic rings. The molecule has 0 bridgehead atoms. The quantitative estimate of drug-likeness (QED) is 0.628. The van der Waals surface area contributed by atoms with Gasteiger partial charge in [-0.3, -0.25) is 14.9 Å². The first kappa shape index (κ1) is 11.8. The van der Waals surface area contributed by atoms with Crippen LogP contribution in [0.2, 0.25) is 0 Å². The number of fused-ring (bicyclic) bond motifs is 1. The minimum absolute atomic E-state index is 0.0612. The maximum absolute atomic E-state index is 10.7. The van der Waals surface area contributed by atoms with Crippen LogP contribution in [0, 0.1) is 10.1 Å². The molecule has 92 valence electrons. The molecule has 0 unspecified atom stereocenters.